The Balaban J connectivity index is 2.56. The van der Waals surface area contributed by atoms with Crippen molar-refractivity contribution in [3.05, 3.63) is 49.1 Å². The van der Waals surface area contributed by atoms with Gasteiger partial charge < -0.3 is 25.0 Å². The van der Waals surface area contributed by atoms with E-state index in [1.54, 1.807) is 0 Å². The molecular weight excluding hydrogens is 354 g/mol. The fourth-order valence-electron chi connectivity index (χ4n) is 2.06. The number of hydrogen-bond acceptors (Lipinski definition) is 7. The van der Waals surface area contributed by atoms with Crippen molar-refractivity contribution in [3.8, 4) is 11.5 Å². The highest BCUT2D eigenvalue weighted by atomic mass is 16.5. The van der Waals surface area contributed by atoms with Crippen molar-refractivity contribution in [2.24, 2.45) is 0 Å². The summed E-state index contributed by atoms with van der Waals surface area (Å²) in [6.45, 7) is 6.89. The van der Waals surface area contributed by atoms with Crippen LogP contribution in [0.4, 0.5) is 0 Å². The van der Waals surface area contributed by atoms with Crippen LogP contribution in [0.15, 0.2) is 43.5 Å². The summed E-state index contributed by atoms with van der Waals surface area (Å²) >= 11 is 0. The molecule has 0 aliphatic rings. The predicted octanol–water partition coefficient (Wildman–Crippen LogP) is 1.36. The van der Waals surface area contributed by atoms with Gasteiger partial charge in [-0.2, -0.15) is 0 Å². The Morgan fingerprint density at radius 3 is 2.30 bits per heavy atom. The van der Waals surface area contributed by atoms with Crippen molar-refractivity contribution in [1.82, 2.24) is 5.32 Å². The van der Waals surface area contributed by atoms with Gasteiger partial charge in [-0.05, 0) is 36.6 Å². The molecule has 3 N–H and O–H groups in total. The van der Waals surface area contributed by atoms with E-state index in [1.165, 1.54) is 18.2 Å². The summed E-state index contributed by atoms with van der Waals surface area (Å²) in [6, 6.07) is 3.11. The normalized spacial score (nSPS) is 11.1. The summed E-state index contributed by atoms with van der Waals surface area (Å²) in [4.78, 5) is 34.7. The maximum Gasteiger partial charge on any atom is 0.330 e. The molecule has 8 nitrogen and oxygen atoms in total. The number of rotatable bonds is 11. The van der Waals surface area contributed by atoms with Crippen LogP contribution in [0, 0.1) is 0 Å². The van der Waals surface area contributed by atoms with Crippen molar-refractivity contribution in [1.29, 1.82) is 0 Å². The molecule has 27 heavy (non-hydrogen) atoms. The lowest BCUT2D eigenvalue weighted by molar-refractivity contribution is -0.148. The highest BCUT2D eigenvalue weighted by Crippen LogP contribution is 2.25. The van der Waals surface area contributed by atoms with Gasteiger partial charge >= 0.3 is 11.9 Å². The van der Waals surface area contributed by atoms with Gasteiger partial charge in [-0.15, -0.1) is 0 Å². The van der Waals surface area contributed by atoms with Gasteiger partial charge in [0.15, 0.2) is 11.5 Å². The van der Waals surface area contributed by atoms with Crippen LogP contribution in [-0.2, 0) is 30.3 Å². The Morgan fingerprint density at radius 1 is 1.04 bits per heavy atom. The molecule has 0 aromatic heterocycles. The van der Waals surface area contributed by atoms with Crippen molar-refractivity contribution < 1.29 is 34.1 Å². The summed E-state index contributed by atoms with van der Waals surface area (Å²) in [5.41, 5.74) is 0.521. The highest BCUT2D eigenvalue weighted by Gasteiger charge is 2.22. The first-order valence-electron chi connectivity index (χ1n) is 8.27. The minimum Gasteiger partial charge on any atom is -0.504 e. The lowest BCUT2D eigenvalue weighted by Crippen LogP contribution is -2.42. The molecule has 0 heterocycles. The first-order chi connectivity index (χ1) is 12.9. The van der Waals surface area contributed by atoms with Crippen LogP contribution in [0.2, 0.25) is 0 Å². The van der Waals surface area contributed by atoms with Crippen LogP contribution in [0.3, 0.4) is 0 Å². The number of benzene rings is 1. The second kappa shape index (κ2) is 11.3. The summed E-state index contributed by atoms with van der Waals surface area (Å²) < 4.78 is 9.95. The lowest BCUT2D eigenvalue weighted by atomic mass is 10.1. The van der Waals surface area contributed by atoms with Crippen LogP contribution in [0.1, 0.15) is 18.4 Å². The fourth-order valence-corrected chi connectivity index (χ4v) is 2.06. The monoisotopic (exact) mass is 377 g/mol. The molecular formula is C19H23NO7. The third-order valence-corrected chi connectivity index (χ3v) is 3.46. The first-order valence-corrected chi connectivity index (χ1v) is 8.27. The Hall–Kier alpha value is -3.29. The van der Waals surface area contributed by atoms with E-state index in [1.807, 2.05) is 0 Å². The smallest absolute Gasteiger partial charge is 0.330 e. The zero-order chi connectivity index (χ0) is 20.2. The third kappa shape index (κ3) is 8.08. The molecule has 0 aliphatic heterocycles. The Kier molecular flexibility index (Phi) is 9.14. The van der Waals surface area contributed by atoms with Gasteiger partial charge in [0.2, 0.25) is 5.91 Å². The van der Waals surface area contributed by atoms with Crippen molar-refractivity contribution >= 4 is 17.8 Å². The molecule has 0 spiro atoms. The summed E-state index contributed by atoms with van der Waals surface area (Å²) in [7, 11) is 0. The van der Waals surface area contributed by atoms with Crippen molar-refractivity contribution in [3.63, 3.8) is 0 Å². The SMILES string of the molecule is C=CC(=O)NC(Cc1ccc(O)c(O)c1)C(=O)OCCCCOC(=O)C=C. The quantitative estimate of drug-likeness (QED) is 0.230. The molecule has 1 amide bonds. The van der Waals surface area contributed by atoms with Crippen LogP contribution in [0.5, 0.6) is 11.5 Å². The molecule has 0 saturated carbocycles. The number of amides is 1. The molecule has 8 heteroatoms. The number of hydrogen-bond donors (Lipinski definition) is 3. The van der Waals surface area contributed by atoms with E-state index < -0.39 is 23.9 Å². The van der Waals surface area contributed by atoms with Crippen LogP contribution < -0.4 is 5.32 Å². The van der Waals surface area contributed by atoms with Gasteiger partial charge in [0.05, 0.1) is 13.2 Å². The number of esters is 2. The Bertz CT molecular complexity index is 699. The number of carbonyl (C=O) groups is 3. The van der Waals surface area contributed by atoms with Crippen LogP contribution >= 0.6 is 0 Å². The molecule has 1 aromatic rings. The molecule has 0 bridgehead atoms. The minimum atomic E-state index is -0.988. The van der Waals surface area contributed by atoms with E-state index in [0.717, 1.165) is 12.2 Å². The average molecular weight is 377 g/mol. The average Bonchev–Trinajstić information content (AvgIpc) is 2.66. The molecule has 0 saturated heterocycles. The number of phenolic OH excluding ortho intramolecular Hbond substituents is 2. The topological polar surface area (TPSA) is 122 Å². The third-order valence-electron chi connectivity index (χ3n) is 3.46. The largest absolute Gasteiger partial charge is 0.504 e. The highest BCUT2D eigenvalue weighted by molar-refractivity contribution is 5.91. The number of carbonyl (C=O) groups excluding carboxylic acids is 3. The fraction of sp³-hybridized carbons (Fsp3) is 0.316. The van der Waals surface area contributed by atoms with E-state index in [2.05, 4.69) is 18.5 Å². The number of unbranched alkanes of at least 4 members (excludes halogenated alkanes) is 1. The number of nitrogens with one attached hydrogen (secondary N) is 1. The number of ether oxygens (including phenoxy) is 2. The van der Waals surface area contributed by atoms with Gasteiger partial charge in [-0.3, -0.25) is 4.79 Å². The molecule has 1 atom stereocenters. The lowest BCUT2D eigenvalue weighted by Gasteiger charge is -2.17. The molecule has 0 fully saturated rings. The van der Waals surface area contributed by atoms with Crippen molar-refractivity contribution in [2.75, 3.05) is 13.2 Å². The molecule has 0 radical (unpaired) electrons. The second-order valence-corrected chi connectivity index (χ2v) is 5.54. The van der Waals surface area contributed by atoms with Gasteiger partial charge in [-0.1, -0.05) is 19.2 Å². The zero-order valence-corrected chi connectivity index (χ0v) is 14.8. The molecule has 1 aromatic carbocycles. The standard InChI is InChI=1S/C19H23NO7/c1-3-17(23)20-14(11-13-7-8-15(21)16(22)12-13)19(25)27-10-6-5-9-26-18(24)4-2/h3-4,7-8,12,14,21-22H,1-2,5-6,9-11H2,(H,20,23). The van der Waals surface area contributed by atoms with E-state index in [4.69, 9.17) is 9.47 Å². The van der Waals surface area contributed by atoms with Gasteiger partial charge in [0.25, 0.3) is 0 Å². The molecule has 146 valence electrons. The van der Waals surface area contributed by atoms with Crippen LogP contribution in [0.25, 0.3) is 0 Å². The van der Waals surface area contributed by atoms with E-state index >= 15 is 0 Å². The minimum absolute atomic E-state index is 0.0587. The maximum atomic E-state index is 12.3. The van der Waals surface area contributed by atoms with Crippen molar-refractivity contribution in [2.45, 2.75) is 25.3 Å². The zero-order valence-electron chi connectivity index (χ0n) is 14.8. The van der Waals surface area contributed by atoms with Gasteiger partial charge in [0.1, 0.15) is 6.04 Å². The molecule has 0 aliphatic carbocycles. The Labute approximate surface area is 157 Å². The number of aromatic hydroxyl groups is 2. The summed E-state index contributed by atoms with van der Waals surface area (Å²) in [6.07, 6.45) is 3.13. The van der Waals surface area contributed by atoms with E-state index in [9.17, 15) is 24.6 Å². The maximum absolute atomic E-state index is 12.3. The van der Waals surface area contributed by atoms with E-state index in [0.29, 0.717) is 18.4 Å². The predicted molar refractivity (Wildman–Crippen MR) is 97.0 cm³/mol. The first kappa shape index (κ1) is 21.8. The number of phenols is 2. The van der Waals surface area contributed by atoms with E-state index in [-0.39, 0.29) is 31.1 Å². The van der Waals surface area contributed by atoms with Gasteiger partial charge in [-0.25, -0.2) is 9.59 Å². The summed E-state index contributed by atoms with van der Waals surface area (Å²) in [5, 5.41) is 21.4. The molecule has 1 rings (SSSR count). The Morgan fingerprint density at radius 2 is 1.70 bits per heavy atom. The molecule has 1 unspecified atom stereocenters. The summed E-state index contributed by atoms with van der Waals surface area (Å²) in [5.74, 6) is -2.33. The second-order valence-electron chi connectivity index (χ2n) is 5.54. The van der Waals surface area contributed by atoms with Crippen LogP contribution in [-0.4, -0.2) is 47.3 Å². The van der Waals surface area contributed by atoms with Gasteiger partial charge in [0, 0.05) is 12.5 Å².